The SMILES string of the molecule is CC[C@H](C)[C@H](NC(=O)Cc1cc(F)ccc1F)C(=O)O. The molecule has 2 N–H and O–H groups in total. The fourth-order valence-electron chi connectivity index (χ4n) is 1.76. The van der Waals surface area contributed by atoms with E-state index >= 15 is 0 Å². The molecule has 2 atom stereocenters. The van der Waals surface area contributed by atoms with Crippen LogP contribution in [-0.2, 0) is 16.0 Å². The molecule has 0 radical (unpaired) electrons. The number of halogens is 2. The normalized spacial score (nSPS) is 13.6. The highest BCUT2D eigenvalue weighted by atomic mass is 19.1. The van der Waals surface area contributed by atoms with Gasteiger partial charge in [-0.1, -0.05) is 20.3 Å². The lowest BCUT2D eigenvalue weighted by atomic mass is 9.99. The maximum atomic E-state index is 13.4. The van der Waals surface area contributed by atoms with Gasteiger partial charge in [-0.3, -0.25) is 4.79 Å². The van der Waals surface area contributed by atoms with Crippen molar-refractivity contribution < 1.29 is 23.5 Å². The van der Waals surface area contributed by atoms with Crippen molar-refractivity contribution in [2.75, 3.05) is 0 Å². The van der Waals surface area contributed by atoms with Crippen LogP contribution < -0.4 is 5.32 Å². The highest BCUT2D eigenvalue weighted by molar-refractivity contribution is 5.85. The maximum absolute atomic E-state index is 13.4. The van der Waals surface area contributed by atoms with E-state index in [1.165, 1.54) is 0 Å². The summed E-state index contributed by atoms with van der Waals surface area (Å²) in [5.74, 6) is -3.40. The van der Waals surface area contributed by atoms with Gasteiger partial charge in [-0.15, -0.1) is 0 Å². The first-order valence-electron chi connectivity index (χ1n) is 6.31. The minimum Gasteiger partial charge on any atom is -0.480 e. The van der Waals surface area contributed by atoms with Crippen LogP contribution in [0.15, 0.2) is 18.2 Å². The number of nitrogens with one attached hydrogen (secondary N) is 1. The molecule has 0 saturated heterocycles. The van der Waals surface area contributed by atoms with Crippen molar-refractivity contribution in [2.24, 2.45) is 5.92 Å². The summed E-state index contributed by atoms with van der Waals surface area (Å²) in [6.45, 7) is 3.50. The lowest BCUT2D eigenvalue weighted by Crippen LogP contribution is -2.45. The fourth-order valence-corrected chi connectivity index (χ4v) is 1.76. The summed E-state index contributed by atoms with van der Waals surface area (Å²) in [7, 11) is 0. The first kappa shape index (κ1) is 16.1. The lowest BCUT2D eigenvalue weighted by molar-refractivity contribution is -0.143. The predicted molar refractivity (Wildman–Crippen MR) is 69.1 cm³/mol. The summed E-state index contributed by atoms with van der Waals surface area (Å²) >= 11 is 0. The van der Waals surface area contributed by atoms with E-state index in [4.69, 9.17) is 5.11 Å². The molecule has 4 nitrogen and oxygen atoms in total. The van der Waals surface area contributed by atoms with Crippen molar-refractivity contribution in [1.29, 1.82) is 0 Å². The number of amides is 1. The van der Waals surface area contributed by atoms with Gasteiger partial charge in [0.2, 0.25) is 5.91 Å². The molecule has 0 heterocycles. The molecule has 0 bridgehead atoms. The van der Waals surface area contributed by atoms with E-state index < -0.39 is 36.0 Å². The zero-order chi connectivity index (χ0) is 15.3. The Balaban J connectivity index is 2.75. The number of rotatable bonds is 6. The molecule has 1 amide bonds. The van der Waals surface area contributed by atoms with Crippen LogP contribution >= 0.6 is 0 Å². The second-order valence-electron chi connectivity index (χ2n) is 4.68. The number of hydrogen-bond donors (Lipinski definition) is 2. The molecule has 0 aliphatic carbocycles. The van der Waals surface area contributed by atoms with Crippen LogP contribution in [0.5, 0.6) is 0 Å². The zero-order valence-corrected chi connectivity index (χ0v) is 11.3. The molecule has 1 rings (SSSR count). The standard InChI is InChI=1S/C14H17F2NO3/c1-3-8(2)13(14(19)20)17-12(18)7-9-6-10(15)4-5-11(9)16/h4-6,8,13H,3,7H2,1-2H3,(H,17,18)(H,19,20)/t8-,13-/m0/s1. The summed E-state index contributed by atoms with van der Waals surface area (Å²) in [6.07, 6.45) is 0.176. The molecular formula is C14H17F2NO3. The van der Waals surface area contributed by atoms with Gasteiger partial charge in [-0.05, 0) is 24.1 Å². The van der Waals surface area contributed by atoms with Crippen molar-refractivity contribution >= 4 is 11.9 Å². The van der Waals surface area contributed by atoms with Crippen molar-refractivity contribution in [3.8, 4) is 0 Å². The number of hydrogen-bond acceptors (Lipinski definition) is 2. The van der Waals surface area contributed by atoms with Gasteiger partial charge < -0.3 is 10.4 Å². The third-order valence-electron chi connectivity index (χ3n) is 3.15. The van der Waals surface area contributed by atoms with E-state index in [-0.39, 0.29) is 11.5 Å². The Morgan fingerprint density at radius 2 is 2.00 bits per heavy atom. The van der Waals surface area contributed by atoms with Gasteiger partial charge in [0.25, 0.3) is 0 Å². The Kier molecular flexibility index (Phi) is 5.61. The molecular weight excluding hydrogens is 268 g/mol. The minimum absolute atomic E-state index is 0.101. The molecule has 0 fully saturated rings. The number of carboxylic acid groups (broad SMARTS) is 1. The Morgan fingerprint density at radius 1 is 1.35 bits per heavy atom. The molecule has 0 aliphatic heterocycles. The van der Waals surface area contributed by atoms with Gasteiger partial charge in [0.15, 0.2) is 0 Å². The number of aliphatic carboxylic acids is 1. The molecule has 1 aromatic carbocycles. The average Bonchev–Trinajstić information content (AvgIpc) is 2.39. The highest BCUT2D eigenvalue weighted by Crippen LogP contribution is 2.12. The number of benzene rings is 1. The monoisotopic (exact) mass is 285 g/mol. The van der Waals surface area contributed by atoms with E-state index in [0.29, 0.717) is 6.42 Å². The van der Waals surface area contributed by atoms with E-state index in [2.05, 4.69) is 5.32 Å². The highest BCUT2D eigenvalue weighted by Gasteiger charge is 2.25. The summed E-state index contributed by atoms with van der Waals surface area (Å²) in [5, 5.41) is 11.4. The lowest BCUT2D eigenvalue weighted by Gasteiger charge is -2.20. The molecule has 20 heavy (non-hydrogen) atoms. The molecule has 0 aliphatic rings. The largest absolute Gasteiger partial charge is 0.480 e. The molecule has 6 heteroatoms. The third kappa shape index (κ3) is 4.29. The van der Waals surface area contributed by atoms with Crippen LogP contribution in [0.1, 0.15) is 25.8 Å². The summed E-state index contributed by atoms with van der Waals surface area (Å²) in [4.78, 5) is 22.8. The quantitative estimate of drug-likeness (QED) is 0.841. The van der Waals surface area contributed by atoms with Gasteiger partial charge in [-0.25, -0.2) is 13.6 Å². The van der Waals surface area contributed by atoms with Crippen molar-refractivity contribution in [2.45, 2.75) is 32.7 Å². The Bertz CT molecular complexity index is 505. The predicted octanol–water partition coefficient (Wildman–Crippen LogP) is 2.12. The van der Waals surface area contributed by atoms with Gasteiger partial charge in [-0.2, -0.15) is 0 Å². The first-order valence-corrected chi connectivity index (χ1v) is 6.31. The van der Waals surface area contributed by atoms with Crippen LogP contribution in [0.2, 0.25) is 0 Å². The van der Waals surface area contributed by atoms with Gasteiger partial charge in [0.05, 0.1) is 6.42 Å². The molecule has 1 aromatic rings. The van der Waals surface area contributed by atoms with Crippen molar-refractivity contribution in [1.82, 2.24) is 5.32 Å². The first-order chi connectivity index (χ1) is 9.35. The van der Waals surface area contributed by atoms with E-state index in [1.54, 1.807) is 13.8 Å². The van der Waals surface area contributed by atoms with E-state index in [9.17, 15) is 18.4 Å². The number of carboxylic acids is 1. The van der Waals surface area contributed by atoms with Crippen LogP contribution in [-0.4, -0.2) is 23.0 Å². The molecule has 110 valence electrons. The Labute approximate surface area is 115 Å². The van der Waals surface area contributed by atoms with Crippen molar-refractivity contribution in [3.63, 3.8) is 0 Å². The molecule has 0 aromatic heterocycles. The summed E-state index contributed by atoms with van der Waals surface area (Å²) < 4.78 is 26.4. The Hall–Kier alpha value is -1.98. The molecule has 0 saturated carbocycles. The van der Waals surface area contributed by atoms with Crippen LogP contribution in [0.4, 0.5) is 8.78 Å². The number of carbonyl (C=O) groups excluding carboxylic acids is 1. The Morgan fingerprint density at radius 3 is 2.55 bits per heavy atom. The van der Waals surface area contributed by atoms with Crippen LogP contribution in [0.25, 0.3) is 0 Å². The van der Waals surface area contributed by atoms with Crippen LogP contribution in [0, 0.1) is 17.6 Å². The smallest absolute Gasteiger partial charge is 0.326 e. The second-order valence-corrected chi connectivity index (χ2v) is 4.68. The maximum Gasteiger partial charge on any atom is 0.326 e. The fraction of sp³-hybridized carbons (Fsp3) is 0.429. The van der Waals surface area contributed by atoms with Crippen molar-refractivity contribution in [3.05, 3.63) is 35.4 Å². The third-order valence-corrected chi connectivity index (χ3v) is 3.15. The molecule has 0 unspecified atom stereocenters. The van der Waals surface area contributed by atoms with Crippen LogP contribution in [0.3, 0.4) is 0 Å². The minimum atomic E-state index is -1.15. The molecule has 0 spiro atoms. The summed E-state index contributed by atoms with van der Waals surface area (Å²) in [6, 6.07) is 1.77. The van der Waals surface area contributed by atoms with Gasteiger partial charge in [0.1, 0.15) is 17.7 Å². The summed E-state index contributed by atoms with van der Waals surface area (Å²) in [5.41, 5.74) is -0.101. The zero-order valence-electron chi connectivity index (χ0n) is 11.3. The van der Waals surface area contributed by atoms with Gasteiger partial charge >= 0.3 is 5.97 Å². The number of carbonyl (C=O) groups is 2. The van der Waals surface area contributed by atoms with Gasteiger partial charge in [0, 0.05) is 5.56 Å². The topological polar surface area (TPSA) is 66.4 Å². The second kappa shape index (κ2) is 6.98. The van der Waals surface area contributed by atoms with E-state index in [1.807, 2.05) is 0 Å². The van der Waals surface area contributed by atoms with E-state index in [0.717, 1.165) is 18.2 Å². The average molecular weight is 285 g/mol.